The Morgan fingerprint density at radius 3 is 2.64 bits per heavy atom. The number of rotatable bonds is 5. The van der Waals surface area contributed by atoms with Gasteiger partial charge in [0.05, 0.1) is 16.3 Å². The van der Waals surface area contributed by atoms with E-state index in [1.165, 1.54) is 0 Å². The Labute approximate surface area is 166 Å². The first kappa shape index (κ1) is 18.3. The van der Waals surface area contributed by atoms with Crippen molar-refractivity contribution < 1.29 is 9.21 Å². The van der Waals surface area contributed by atoms with Crippen LogP contribution >= 0.6 is 50.9 Å². The van der Waals surface area contributed by atoms with Gasteiger partial charge in [-0.25, -0.2) is 0 Å². The van der Waals surface area contributed by atoms with Gasteiger partial charge in [-0.15, -0.1) is 10.2 Å². The lowest BCUT2D eigenvalue weighted by Gasteiger charge is -2.03. The molecule has 0 atom stereocenters. The molecule has 0 spiro atoms. The first-order valence-electron chi connectivity index (χ1n) is 6.98. The standard InChI is InChI=1S/C16H10BrCl2N3O2S/c17-9-1-4-11(5-2-9)20-14(23)8-25-16-22-21-15(24-16)12-6-3-10(18)7-13(12)19/h1-7H,8H2,(H,20,23). The Kier molecular flexibility index (Phi) is 6.01. The highest BCUT2D eigenvalue weighted by Crippen LogP contribution is 2.31. The molecule has 0 saturated carbocycles. The average Bonchev–Trinajstić information content (AvgIpc) is 3.04. The smallest absolute Gasteiger partial charge is 0.277 e. The Morgan fingerprint density at radius 1 is 1.16 bits per heavy atom. The van der Waals surface area contributed by atoms with E-state index in [0.29, 0.717) is 21.3 Å². The zero-order chi connectivity index (χ0) is 17.8. The number of nitrogens with zero attached hydrogens (tertiary/aromatic N) is 2. The number of nitrogens with one attached hydrogen (secondary N) is 1. The third-order valence-corrected chi connectivity index (χ3v) is 4.92. The third kappa shape index (κ3) is 4.98. The van der Waals surface area contributed by atoms with Gasteiger partial charge in [-0.2, -0.15) is 0 Å². The molecule has 0 aliphatic heterocycles. The van der Waals surface area contributed by atoms with E-state index in [4.69, 9.17) is 27.6 Å². The van der Waals surface area contributed by atoms with Crippen LogP contribution in [0.4, 0.5) is 5.69 Å². The highest BCUT2D eigenvalue weighted by atomic mass is 79.9. The summed E-state index contributed by atoms with van der Waals surface area (Å²) in [5.41, 5.74) is 1.30. The normalized spacial score (nSPS) is 10.7. The zero-order valence-electron chi connectivity index (χ0n) is 12.5. The molecule has 0 aliphatic rings. The molecule has 5 nitrogen and oxygen atoms in total. The lowest BCUT2D eigenvalue weighted by molar-refractivity contribution is -0.113. The number of aromatic nitrogens is 2. The van der Waals surface area contributed by atoms with E-state index in [1.807, 2.05) is 12.1 Å². The molecular weight excluding hydrogens is 449 g/mol. The van der Waals surface area contributed by atoms with Gasteiger partial charge in [-0.3, -0.25) is 4.79 Å². The monoisotopic (exact) mass is 457 g/mol. The predicted octanol–water partition coefficient (Wildman–Crippen LogP) is 5.54. The zero-order valence-corrected chi connectivity index (χ0v) is 16.4. The van der Waals surface area contributed by atoms with Gasteiger partial charge in [0.25, 0.3) is 5.22 Å². The highest BCUT2D eigenvalue weighted by molar-refractivity contribution is 9.10. The Balaban J connectivity index is 1.59. The lowest BCUT2D eigenvalue weighted by Crippen LogP contribution is -2.13. The minimum absolute atomic E-state index is 0.145. The molecule has 0 radical (unpaired) electrons. The van der Waals surface area contributed by atoms with Crippen molar-refractivity contribution in [1.82, 2.24) is 10.2 Å². The summed E-state index contributed by atoms with van der Waals surface area (Å²) in [6, 6.07) is 12.3. The molecule has 1 aromatic heterocycles. The first-order chi connectivity index (χ1) is 12.0. The van der Waals surface area contributed by atoms with Crippen LogP contribution in [-0.2, 0) is 4.79 Å². The minimum Gasteiger partial charge on any atom is -0.411 e. The van der Waals surface area contributed by atoms with Crippen LogP contribution in [0.2, 0.25) is 10.0 Å². The summed E-state index contributed by atoms with van der Waals surface area (Å²) in [6.45, 7) is 0. The van der Waals surface area contributed by atoms with Crippen molar-refractivity contribution in [1.29, 1.82) is 0 Å². The van der Waals surface area contributed by atoms with Gasteiger partial charge in [-0.05, 0) is 42.5 Å². The molecule has 1 N–H and O–H groups in total. The molecule has 3 aromatic rings. The molecule has 3 rings (SSSR count). The van der Waals surface area contributed by atoms with E-state index in [1.54, 1.807) is 30.3 Å². The van der Waals surface area contributed by atoms with Crippen LogP contribution in [0, 0.1) is 0 Å². The molecule has 9 heteroatoms. The fourth-order valence-corrected chi connectivity index (χ4v) is 3.21. The van der Waals surface area contributed by atoms with Crippen molar-refractivity contribution in [2.24, 2.45) is 0 Å². The van der Waals surface area contributed by atoms with Crippen LogP contribution in [-0.4, -0.2) is 21.9 Å². The summed E-state index contributed by atoms with van der Waals surface area (Å²) in [5, 5.41) is 11.9. The van der Waals surface area contributed by atoms with E-state index >= 15 is 0 Å². The van der Waals surface area contributed by atoms with Crippen LogP contribution in [0.3, 0.4) is 0 Å². The molecule has 1 amide bonds. The summed E-state index contributed by atoms with van der Waals surface area (Å²) >= 11 is 16.5. The molecule has 0 fully saturated rings. The average molecular weight is 459 g/mol. The minimum atomic E-state index is -0.170. The first-order valence-corrected chi connectivity index (χ1v) is 9.52. The van der Waals surface area contributed by atoms with Gasteiger partial charge >= 0.3 is 0 Å². The van der Waals surface area contributed by atoms with Gasteiger partial charge in [0.2, 0.25) is 11.8 Å². The van der Waals surface area contributed by atoms with Crippen molar-refractivity contribution in [2.75, 3.05) is 11.1 Å². The summed E-state index contributed by atoms with van der Waals surface area (Å²) < 4.78 is 6.48. The molecule has 0 saturated heterocycles. The van der Waals surface area contributed by atoms with E-state index in [-0.39, 0.29) is 22.8 Å². The van der Waals surface area contributed by atoms with Crippen molar-refractivity contribution in [3.05, 3.63) is 57.0 Å². The summed E-state index contributed by atoms with van der Waals surface area (Å²) in [7, 11) is 0. The highest BCUT2D eigenvalue weighted by Gasteiger charge is 2.14. The molecule has 0 unspecified atom stereocenters. The second-order valence-electron chi connectivity index (χ2n) is 4.84. The molecule has 0 bridgehead atoms. The summed E-state index contributed by atoms with van der Waals surface area (Å²) in [6.07, 6.45) is 0. The number of carbonyl (C=O) groups is 1. The molecule has 128 valence electrons. The summed E-state index contributed by atoms with van der Waals surface area (Å²) in [4.78, 5) is 12.0. The van der Waals surface area contributed by atoms with E-state index in [9.17, 15) is 4.79 Å². The molecule has 1 heterocycles. The second kappa shape index (κ2) is 8.23. The van der Waals surface area contributed by atoms with Crippen molar-refractivity contribution >= 4 is 62.5 Å². The number of halogens is 3. The Hall–Kier alpha value is -1.54. The van der Waals surface area contributed by atoms with Crippen LogP contribution in [0.5, 0.6) is 0 Å². The lowest BCUT2D eigenvalue weighted by atomic mass is 10.2. The van der Waals surface area contributed by atoms with E-state index in [0.717, 1.165) is 16.2 Å². The van der Waals surface area contributed by atoms with Crippen molar-refractivity contribution in [3.8, 4) is 11.5 Å². The van der Waals surface area contributed by atoms with Crippen LogP contribution in [0.25, 0.3) is 11.5 Å². The fraction of sp³-hybridized carbons (Fsp3) is 0.0625. The number of carbonyl (C=O) groups excluding carboxylic acids is 1. The largest absolute Gasteiger partial charge is 0.411 e. The van der Waals surface area contributed by atoms with Crippen LogP contribution < -0.4 is 5.32 Å². The number of benzene rings is 2. The van der Waals surface area contributed by atoms with Gasteiger partial charge in [0.1, 0.15) is 0 Å². The molecular formula is C16H10BrCl2N3O2S. The van der Waals surface area contributed by atoms with Crippen molar-refractivity contribution in [2.45, 2.75) is 5.22 Å². The van der Waals surface area contributed by atoms with Gasteiger partial charge in [-0.1, -0.05) is 50.9 Å². The van der Waals surface area contributed by atoms with Crippen molar-refractivity contribution in [3.63, 3.8) is 0 Å². The number of hydrogen-bond acceptors (Lipinski definition) is 5. The van der Waals surface area contributed by atoms with Crippen LogP contribution in [0.1, 0.15) is 0 Å². The second-order valence-corrected chi connectivity index (χ2v) is 7.53. The van der Waals surface area contributed by atoms with Crippen LogP contribution in [0.15, 0.2) is 56.6 Å². The van der Waals surface area contributed by atoms with Gasteiger partial charge < -0.3 is 9.73 Å². The quantitative estimate of drug-likeness (QED) is 0.508. The number of amides is 1. The maximum atomic E-state index is 12.0. The maximum Gasteiger partial charge on any atom is 0.277 e. The topological polar surface area (TPSA) is 68.0 Å². The molecule has 25 heavy (non-hydrogen) atoms. The number of thioether (sulfide) groups is 1. The van der Waals surface area contributed by atoms with Gasteiger partial charge in [0.15, 0.2) is 0 Å². The number of anilines is 1. The Morgan fingerprint density at radius 2 is 1.92 bits per heavy atom. The van der Waals surface area contributed by atoms with E-state index < -0.39 is 0 Å². The number of hydrogen-bond donors (Lipinski definition) is 1. The maximum absolute atomic E-state index is 12.0. The fourth-order valence-electron chi connectivity index (χ4n) is 1.90. The molecule has 2 aromatic carbocycles. The molecule has 0 aliphatic carbocycles. The third-order valence-electron chi connectivity index (χ3n) is 3.02. The predicted molar refractivity (Wildman–Crippen MR) is 103 cm³/mol. The Bertz CT molecular complexity index is 903. The van der Waals surface area contributed by atoms with E-state index in [2.05, 4.69) is 31.4 Å². The summed E-state index contributed by atoms with van der Waals surface area (Å²) in [5.74, 6) is 0.251. The SMILES string of the molecule is O=C(CSc1nnc(-c2ccc(Cl)cc2Cl)o1)Nc1ccc(Br)cc1. The van der Waals surface area contributed by atoms with Gasteiger partial charge in [0, 0.05) is 15.2 Å².